The summed E-state index contributed by atoms with van der Waals surface area (Å²) in [5.74, 6) is 0.833. The first-order valence-electron chi connectivity index (χ1n) is 7.18. The summed E-state index contributed by atoms with van der Waals surface area (Å²) in [5.41, 5.74) is 0.122. The van der Waals surface area contributed by atoms with E-state index in [0.29, 0.717) is 17.5 Å². The van der Waals surface area contributed by atoms with Crippen LogP contribution in [0.3, 0.4) is 0 Å². The van der Waals surface area contributed by atoms with Crippen LogP contribution >= 0.6 is 27.7 Å². The molecule has 2 atom stereocenters. The number of ether oxygens (including phenoxy) is 1. The number of hydrogen-bond donors (Lipinski definition) is 1. The van der Waals surface area contributed by atoms with Crippen LogP contribution in [0.15, 0.2) is 16.6 Å². The van der Waals surface area contributed by atoms with Gasteiger partial charge in [-0.1, -0.05) is 6.92 Å². The van der Waals surface area contributed by atoms with E-state index in [4.69, 9.17) is 4.74 Å². The van der Waals surface area contributed by atoms with Gasteiger partial charge in [0.15, 0.2) is 0 Å². The lowest BCUT2D eigenvalue weighted by molar-refractivity contribution is 0.0468. The molecule has 2 rings (SSSR count). The summed E-state index contributed by atoms with van der Waals surface area (Å²) in [6, 6.07) is 2.63. The number of nitrogens with one attached hydrogen (secondary N) is 1. The van der Waals surface area contributed by atoms with E-state index in [9.17, 15) is 8.78 Å². The number of thioether (sulfide) groups is 1. The molecule has 1 aliphatic heterocycles. The molecule has 0 spiro atoms. The quantitative estimate of drug-likeness (QED) is 0.760. The SMILES string of the molecule is CCCNC(Cc1c(F)ccc(Br)c1F)C1CSCCO1. The Bertz CT molecular complexity index is 469. The maximum atomic E-state index is 14.2. The highest BCUT2D eigenvalue weighted by Gasteiger charge is 2.27. The third kappa shape index (κ3) is 4.65. The lowest BCUT2D eigenvalue weighted by Gasteiger charge is -2.31. The predicted octanol–water partition coefficient (Wildman–Crippen LogP) is 3.77. The van der Waals surface area contributed by atoms with Crippen molar-refractivity contribution in [3.8, 4) is 0 Å². The Hall–Kier alpha value is -0.170. The van der Waals surface area contributed by atoms with Crippen LogP contribution in [0.25, 0.3) is 0 Å². The van der Waals surface area contributed by atoms with Gasteiger partial charge in [0.25, 0.3) is 0 Å². The van der Waals surface area contributed by atoms with E-state index in [0.717, 1.165) is 24.5 Å². The van der Waals surface area contributed by atoms with Crippen molar-refractivity contribution in [3.05, 3.63) is 33.8 Å². The minimum Gasteiger partial charge on any atom is -0.375 e. The van der Waals surface area contributed by atoms with Crippen LogP contribution in [0.1, 0.15) is 18.9 Å². The zero-order valence-electron chi connectivity index (χ0n) is 12.0. The van der Waals surface area contributed by atoms with Gasteiger partial charge in [-0.15, -0.1) is 0 Å². The van der Waals surface area contributed by atoms with Gasteiger partial charge in [-0.3, -0.25) is 0 Å². The van der Waals surface area contributed by atoms with E-state index >= 15 is 0 Å². The molecule has 21 heavy (non-hydrogen) atoms. The molecule has 0 radical (unpaired) electrons. The molecule has 1 fully saturated rings. The average Bonchev–Trinajstić information content (AvgIpc) is 2.51. The third-order valence-electron chi connectivity index (χ3n) is 3.51. The predicted molar refractivity (Wildman–Crippen MR) is 86.9 cm³/mol. The van der Waals surface area contributed by atoms with E-state index in [-0.39, 0.29) is 17.7 Å². The summed E-state index contributed by atoms with van der Waals surface area (Å²) >= 11 is 4.95. The zero-order valence-corrected chi connectivity index (χ0v) is 14.4. The van der Waals surface area contributed by atoms with E-state index < -0.39 is 11.6 Å². The van der Waals surface area contributed by atoms with Crippen molar-refractivity contribution < 1.29 is 13.5 Å². The van der Waals surface area contributed by atoms with Crippen LogP contribution in [-0.2, 0) is 11.2 Å². The van der Waals surface area contributed by atoms with Crippen molar-refractivity contribution in [3.63, 3.8) is 0 Å². The molecule has 1 N–H and O–H groups in total. The topological polar surface area (TPSA) is 21.3 Å². The van der Waals surface area contributed by atoms with E-state index in [1.165, 1.54) is 12.1 Å². The lowest BCUT2D eigenvalue weighted by Crippen LogP contribution is -2.46. The molecule has 1 aliphatic rings. The fourth-order valence-electron chi connectivity index (χ4n) is 2.38. The fourth-order valence-corrected chi connectivity index (χ4v) is 3.69. The molecule has 0 bridgehead atoms. The van der Waals surface area contributed by atoms with Crippen molar-refractivity contribution in [2.75, 3.05) is 24.7 Å². The Balaban J connectivity index is 2.15. The molecular weight excluding hydrogens is 360 g/mol. The fraction of sp³-hybridized carbons (Fsp3) is 0.600. The smallest absolute Gasteiger partial charge is 0.143 e. The van der Waals surface area contributed by atoms with Crippen LogP contribution < -0.4 is 5.32 Å². The molecule has 1 saturated heterocycles. The Kier molecular flexibility index (Phi) is 6.92. The molecule has 1 aromatic rings. The second-order valence-corrected chi connectivity index (χ2v) is 7.07. The Morgan fingerprint density at radius 2 is 2.29 bits per heavy atom. The zero-order chi connectivity index (χ0) is 15.2. The molecule has 0 saturated carbocycles. The summed E-state index contributed by atoms with van der Waals surface area (Å²) in [7, 11) is 0. The van der Waals surface area contributed by atoms with E-state index in [1.807, 2.05) is 11.8 Å². The highest BCUT2D eigenvalue weighted by atomic mass is 79.9. The minimum atomic E-state index is -0.512. The van der Waals surface area contributed by atoms with Crippen LogP contribution in [0.2, 0.25) is 0 Å². The molecule has 0 aliphatic carbocycles. The standard InChI is InChI=1S/C15H20BrF2NOS/c1-2-5-19-13(14-9-21-7-6-20-14)8-10-12(17)4-3-11(16)15(10)18/h3-4,13-14,19H,2,5-9H2,1H3. The van der Waals surface area contributed by atoms with Crippen LogP contribution in [0.4, 0.5) is 8.78 Å². The Morgan fingerprint density at radius 3 is 2.95 bits per heavy atom. The largest absolute Gasteiger partial charge is 0.375 e. The number of hydrogen-bond acceptors (Lipinski definition) is 3. The van der Waals surface area contributed by atoms with Gasteiger partial charge in [-0.05, 0) is 47.4 Å². The minimum absolute atomic E-state index is 0.00641. The molecule has 2 nitrogen and oxygen atoms in total. The van der Waals surface area contributed by atoms with Crippen molar-refractivity contribution in [1.82, 2.24) is 5.32 Å². The number of halogens is 3. The lowest BCUT2D eigenvalue weighted by atomic mass is 10.0. The van der Waals surface area contributed by atoms with Gasteiger partial charge < -0.3 is 10.1 Å². The highest BCUT2D eigenvalue weighted by molar-refractivity contribution is 9.10. The molecule has 2 unspecified atom stereocenters. The summed E-state index contributed by atoms with van der Waals surface area (Å²) in [5, 5.41) is 3.37. The number of rotatable bonds is 6. The van der Waals surface area contributed by atoms with Crippen LogP contribution in [-0.4, -0.2) is 36.8 Å². The molecule has 0 aromatic heterocycles. The van der Waals surface area contributed by atoms with Crippen LogP contribution in [0, 0.1) is 11.6 Å². The molecule has 6 heteroatoms. The van der Waals surface area contributed by atoms with E-state index in [2.05, 4.69) is 28.2 Å². The van der Waals surface area contributed by atoms with E-state index in [1.54, 1.807) is 0 Å². The van der Waals surface area contributed by atoms with Crippen molar-refractivity contribution in [2.45, 2.75) is 31.9 Å². The third-order valence-corrected chi connectivity index (χ3v) is 5.14. The second kappa shape index (κ2) is 8.46. The van der Waals surface area contributed by atoms with Gasteiger partial charge in [0.05, 0.1) is 17.2 Å². The van der Waals surface area contributed by atoms with Crippen molar-refractivity contribution in [1.29, 1.82) is 0 Å². The summed E-state index contributed by atoms with van der Waals surface area (Å²) in [6.07, 6.45) is 1.26. The first-order valence-corrected chi connectivity index (χ1v) is 9.13. The highest BCUT2D eigenvalue weighted by Crippen LogP contribution is 2.25. The number of benzene rings is 1. The Morgan fingerprint density at radius 1 is 1.48 bits per heavy atom. The van der Waals surface area contributed by atoms with Gasteiger partial charge in [0.1, 0.15) is 11.6 Å². The van der Waals surface area contributed by atoms with Crippen molar-refractivity contribution in [2.24, 2.45) is 0 Å². The first kappa shape index (κ1) is 17.2. The van der Waals surface area contributed by atoms with Crippen molar-refractivity contribution >= 4 is 27.7 Å². The van der Waals surface area contributed by atoms with Gasteiger partial charge in [-0.2, -0.15) is 11.8 Å². The van der Waals surface area contributed by atoms with Gasteiger partial charge in [0.2, 0.25) is 0 Å². The summed E-state index contributed by atoms with van der Waals surface area (Å²) in [6.45, 7) is 3.58. The maximum Gasteiger partial charge on any atom is 0.143 e. The van der Waals surface area contributed by atoms with Crippen LogP contribution in [0.5, 0.6) is 0 Å². The molecular formula is C15H20BrF2NOS. The average molecular weight is 380 g/mol. The second-order valence-electron chi connectivity index (χ2n) is 5.07. The Labute approximate surface area is 137 Å². The molecule has 0 amide bonds. The monoisotopic (exact) mass is 379 g/mol. The summed E-state index contributed by atoms with van der Waals surface area (Å²) < 4.78 is 34.2. The maximum absolute atomic E-state index is 14.2. The molecule has 118 valence electrons. The molecule has 1 heterocycles. The summed E-state index contributed by atoms with van der Waals surface area (Å²) in [4.78, 5) is 0. The van der Waals surface area contributed by atoms with Gasteiger partial charge >= 0.3 is 0 Å². The normalized spacial score (nSPS) is 20.5. The first-order chi connectivity index (χ1) is 10.1. The molecule has 1 aromatic carbocycles. The van der Waals surface area contributed by atoms with Gasteiger partial charge in [0, 0.05) is 23.1 Å². The van der Waals surface area contributed by atoms with Gasteiger partial charge in [-0.25, -0.2) is 8.78 Å².